The minimum absolute atomic E-state index is 0.293. The molecule has 1 N–H and O–H groups in total. The van der Waals surface area contributed by atoms with Crippen molar-refractivity contribution in [2.75, 3.05) is 25.6 Å². The summed E-state index contributed by atoms with van der Waals surface area (Å²) in [5.41, 5.74) is 0. The van der Waals surface area contributed by atoms with Gasteiger partial charge < -0.3 is 9.84 Å². The summed E-state index contributed by atoms with van der Waals surface area (Å²) in [7, 11) is 0. The number of rotatable bonds is 3. The van der Waals surface area contributed by atoms with E-state index < -0.39 is 0 Å². The summed E-state index contributed by atoms with van der Waals surface area (Å²) in [6.45, 7) is 2.05. The van der Waals surface area contributed by atoms with E-state index in [1.165, 1.54) is 0 Å². The van der Waals surface area contributed by atoms with Gasteiger partial charge in [-0.3, -0.25) is 0 Å². The Kier molecular flexibility index (Phi) is 2.66. The Labute approximate surface area is 53.2 Å². The standard InChI is InChI=1S/C5H10O2S/c6-1-2-8-5-3-7-4-5/h5-6H,1-4H2. The van der Waals surface area contributed by atoms with Gasteiger partial charge in [0.05, 0.1) is 25.1 Å². The molecule has 0 saturated carbocycles. The largest absolute Gasteiger partial charge is 0.396 e. The smallest absolute Gasteiger partial charge is 0.0607 e. The molecule has 1 rings (SSSR count). The van der Waals surface area contributed by atoms with Crippen LogP contribution in [-0.4, -0.2) is 35.9 Å². The summed E-state index contributed by atoms with van der Waals surface area (Å²) in [4.78, 5) is 0. The van der Waals surface area contributed by atoms with Gasteiger partial charge >= 0.3 is 0 Å². The topological polar surface area (TPSA) is 29.5 Å². The summed E-state index contributed by atoms with van der Waals surface area (Å²) in [6.07, 6.45) is 0. The summed E-state index contributed by atoms with van der Waals surface area (Å²) in [5, 5.41) is 9.04. The molecule has 0 spiro atoms. The maximum atomic E-state index is 8.37. The number of aliphatic hydroxyl groups excluding tert-OH is 1. The minimum atomic E-state index is 0.293. The van der Waals surface area contributed by atoms with Gasteiger partial charge in [-0.2, -0.15) is 11.8 Å². The third-order valence-corrected chi connectivity index (χ3v) is 2.21. The number of thioether (sulfide) groups is 1. The third kappa shape index (κ3) is 1.65. The highest BCUT2D eigenvalue weighted by Gasteiger charge is 2.17. The first-order valence-corrected chi connectivity index (χ1v) is 3.78. The Morgan fingerprint density at radius 3 is 2.75 bits per heavy atom. The molecule has 0 bridgehead atoms. The van der Waals surface area contributed by atoms with Gasteiger partial charge in [0.25, 0.3) is 0 Å². The quantitative estimate of drug-likeness (QED) is 0.594. The van der Waals surface area contributed by atoms with Gasteiger partial charge in [0.2, 0.25) is 0 Å². The molecule has 2 nitrogen and oxygen atoms in total. The molecule has 1 heterocycles. The Bertz CT molecular complexity index is 63.4. The van der Waals surface area contributed by atoms with Gasteiger partial charge in [-0.05, 0) is 0 Å². The van der Waals surface area contributed by atoms with E-state index in [9.17, 15) is 0 Å². The van der Waals surface area contributed by atoms with E-state index in [1.54, 1.807) is 11.8 Å². The Morgan fingerprint density at radius 1 is 1.62 bits per heavy atom. The van der Waals surface area contributed by atoms with Crippen molar-refractivity contribution in [1.82, 2.24) is 0 Å². The van der Waals surface area contributed by atoms with Crippen molar-refractivity contribution in [3.8, 4) is 0 Å². The first-order valence-electron chi connectivity index (χ1n) is 2.73. The maximum absolute atomic E-state index is 8.37. The Morgan fingerprint density at radius 2 is 2.38 bits per heavy atom. The molecule has 8 heavy (non-hydrogen) atoms. The van der Waals surface area contributed by atoms with E-state index >= 15 is 0 Å². The first-order chi connectivity index (χ1) is 3.93. The van der Waals surface area contributed by atoms with Crippen molar-refractivity contribution in [2.45, 2.75) is 5.25 Å². The lowest BCUT2D eigenvalue weighted by Crippen LogP contribution is -2.30. The van der Waals surface area contributed by atoms with Gasteiger partial charge in [0.15, 0.2) is 0 Å². The van der Waals surface area contributed by atoms with Crippen molar-refractivity contribution in [3.05, 3.63) is 0 Å². The van der Waals surface area contributed by atoms with Gasteiger partial charge in [-0.15, -0.1) is 0 Å². The highest BCUT2D eigenvalue weighted by atomic mass is 32.2. The molecule has 3 heteroatoms. The molecule has 0 aromatic heterocycles. The maximum Gasteiger partial charge on any atom is 0.0607 e. The normalized spacial score (nSPS) is 20.6. The Hall–Kier alpha value is 0.270. The summed E-state index contributed by atoms with van der Waals surface area (Å²) in [5.74, 6) is 0.855. The second kappa shape index (κ2) is 3.33. The van der Waals surface area contributed by atoms with Crippen molar-refractivity contribution in [1.29, 1.82) is 0 Å². The summed E-state index contributed by atoms with van der Waals surface area (Å²) < 4.78 is 4.93. The van der Waals surface area contributed by atoms with E-state index in [0.717, 1.165) is 19.0 Å². The number of aliphatic hydroxyl groups is 1. The van der Waals surface area contributed by atoms with Crippen molar-refractivity contribution in [3.63, 3.8) is 0 Å². The van der Waals surface area contributed by atoms with Crippen LogP contribution in [0.15, 0.2) is 0 Å². The van der Waals surface area contributed by atoms with E-state index in [4.69, 9.17) is 9.84 Å². The molecule has 0 aromatic carbocycles. The zero-order valence-electron chi connectivity index (χ0n) is 4.67. The fourth-order valence-electron chi connectivity index (χ4n) is 0.530. The average molecular weight is 134 g/mol. The predicted octanol–water partition coefficient (Wildman–Crippen LogP) is 0.111. The molecule has 0 amide bonds. The lowest BCUT2D eigenvalue weighted by Gasteiger charge is -2.24. The second-order valence-electron chi connectivity index (χ2n) is 1.75. The molecule has 0 aliphatic carbocycles. The van der Waals surface area contributed by atoms with Crippen molar-refractivity contribution in [2.24, 2.45) is 0 Å². The molecule has 1 fully saturated rings. The summed E-state index contributed by atoms with van der Waals surface area (Å²) in [6, 6.07) is 0. The number of hydrogen-bond donors (Lipinski definition) is 1. The van der Waals surface area contributed by atoms with Crippen LogP contribution in [0.4, 0.5) is 0 Å². The van der Waals surface area contributed by atoms with Crippen LogP contribution in [0.3, 0.4) is 0 Å². The number of hydrogen-bond acceptors (Lipinski definition) is 3. The SMILES string of the molecule is OCCSC1COC1. The van der Waals surface area contributed by atoms with Crippen LogP contribution in [0.5, 0.6) is 0 Å². The van der Waals surface area contributed by atoms with Gasteiger partial charge in [0, 0.05) is 5.75 Å². The number of ether oxygens (including phenoxy) is 1. The molecule has 48 valence electrons. The van der Waals surface area contributed by atoms with E-state index in [0.29, 0.717) is 11.9 Å². The lowest BCUT2D eigenvalue weighted by atomic mass is 10.4. The molecular formula is C5H10O2S. The van der Waals surface area contributed by atoms with Gasteiger partial charge in [-0.25, -0.2) is 0 Å². The van der Waals surface area contributed by atoms with Crippen LogP contribution < -0.4 is 0 Å². The van der Waals surface area contributed by atoms with Gasteiger partial charge in [0.1, 0.15) is 0 Å². The molecule has 0 unspecified atom stereocenters. The van der Waals surface area contributed by atoms with Crippen LogP contribution in [-0.2, 0) is 4.74 Å². The van der Waals surface area contributed by atoms with Crippen molar-refractivity contribution >= 4 is 11.8 Å². The molecule has 1 aliphatic heterocycles. The first kappa shape index (κ1) is 6.39. The fourth-order valence-corrected chi connectivity index (χ4v) is 1.35. The van der Waals surface area contributed by atoms with E-state index in [2.05, 4.69) is 0 Å². The van der Waals surface area contributed by atoms with Crippen LogP contribution in [0.2, 0.25) is 0 Å². The molecule has 1 saturated heterocycles. The lowest BCUT2D eigenvalue weighted by molar-refractivity contribution is 0.0454. The van der Waals surface area contributed by atoms with E-state index in [-0.39, 0.29) is 0 Å². The van der Waals surface area contributed by atoms with Gasteiger partial charge in [-0.1, -0.05) is 0 Å². The minimum Gasteiger partial charge on any atom is -0.396 e. The fraction of sp³-hybridized carbons (Fsp3) is 1.00. The molecule has 0 aromatic rings. The predicted molar refractivity (Wildman–Crippen MR) is 34.2 cm³/mol. The second-order valence-corrected chi connectivity index (χ2v) is 3.16. The van der Waals surface area contributed by atoms with Crippen molar-refractivity contribution < 1.29 is 9.84 Å². The molecule has 0 atom stereocenters. The highest BCUT2D eigenvalue weighted by Crippen LogP contribution is 2.17. The molecular weight excluding hydrogens is 124 g/mol. The van der Waals surface area contributed by atoms with Crippen LogP contribution in [0.1, 0.15) is 0 Å². The monoisotopic (exact) mass is 134 g/mol. The zero-order chi connectivity index (χ0) is 5.82. The van der Waals surface area contributed by atoms with Crippen LogP contribution >= 0.6 is 11.8 Å². The van der Waals surface area contributed by atoms with Crippen LogP contribution in [0, 0.1) is 0 Å². The molecule has 1 aliphatic rings. The zero-order valence-corrected chi connectivity index (χ0v) is 5.49. The Balaban J connectivity index is 1.86. The molecule has 0 radical (unpaired) electrons. The van der Waals surface area contributed by atoms with Crippen LogP contribution in [0.25, 0.3) is 0 Å². The third-order valence-electron chi connectivity index (χ3n) is 1.05. The average Bonchev–Trinajstić information content (AvgIpc) is 1.63. The highest BCUT2D eigenvalue weighted by molar-refractivity contribution is 8.00. The summed E-state index contributed by atoms with van der Waals surface area (Å²) >= 11 is 1.79. The van der Waals surface area contributed by atoms with E-state index in [1.807, 2.05) is 0 Å².